The Morgan fingerprint density at radius 3 is 2.88 bits per heavy atom. The normalized spacial score (nSPS) is 17.8. The molecule has 1 amide bonds. The number of amides is 1. The molecule has 0 N–H and O–H groups in total. The SMILES string of the molecule is Cc1cc(C(=O)N2CCO[C@@H](c3nnc(C)o3)C2)c2ccccc2n1. The van der Waals surface area contributed by atoms with E-state index in [4.69, 9.17) is 9.15 Å². The molecule has 1 aromatic carbocycles. The summed E-state index contributed by atoms with van der Waals surface area (Å²) in [7, 11) is 0. The van der Waals surface area contributed by atoms with Crippen molar-refractivity contribution in [1.82, 2.24) is 20.1 Å². The number of pyridine rings is 1. The molecule has 25 heavy (non-hydrogen) atoms. The molecule has 2 aromatic heterocycles. The first-order chi connectivity index (χ1) is 12.1. The van der Waals surface area contributed by atoms with Crippen molar-refractivity contribution in [3.05, 3.63) is 53.4 Å². The monoisotopic (exact) mass is 338 g/mol. The number of ether oxygens (including phenoxy) is 1. The molecule has 1 saturated heterocycles. The van der Waals surface area contributed by atoms with Crippen LogP contribution in [0.2, 0.25) is 0 Å². The first-order valence-corrected chi connectivity index (χ1v) is 8.19. The Bertz CT molecular complexity index is 937. The van der Waals surface area contributed by atoms with E-state index in [-0.39, 0.29) is 5.91 Å². The van der Waals surface area contributed by atoms with E-state index in [0.29, 0.717) is 37.0 Å². The van der Waals surface area contributed by atoms with Crippen molar-refractivity contribution < 1.29 is 13.9 Å². The first kappa shape index (κ1) is 15.7. The standard InChI is InChI=1S/C18H18N4O3/c1-11-9-14(13-5-3-4-6-15(13)19-11)18(23)22-7-8-24-16(10-22)17-21-20-12(2)25-17/h3-6,9,16H,7-8,10H2,1-2H3/t16-/m1/s1. The van der Waals surface area contributed by atoms with Gasteiger partial charge in [0.25, 0.3) is 5.91 Å². The van der Waals surface area contributed by atoms with Crippen molar-refractivity contribution >= 4 is 16.8 Å². The topological polar surface area (TPSA) is 81.4 Å². The number of para-hydroxylation sites is 1. The Labute approximate surface area is 144 Å². The Morgan fingerprint density at radius 2 is 2.08 bits per heavy atom. The van der Waals surface area contributed by atoms with Gasteiger partial charge < -0.3 is 14.1 Å². The number of nitrogens with zero attached hydrogens (tertiary/aromatic N) is 4. The van der Waals surface area contributed by atoms with Crippen LogP contribution >= 0.6 is 0 Å². The van der Waals surface area contributed by atoms with Crippen LogP contribution in [-0.2, 0) is 4.74 Å². The Balaban J connectivity index is 1.64. The van der Waals surface area contributed by atoms with Crippen molar-refractivity contribution in [2.45, 2.75) is 20.0 Å². The number of aryl methyl sites for hydroxylation is 2. The molecule has 128 valence electrons. The molecule has 0 radical (unpaired) electrons. The van der Waals surface area contributed by atoms with Gasteiger partial charge in [0.15, 0.2) is 6.10 Å². The van der Waals surface area contributed by atoms with E-state index in [9.17, 15) is 4.79 Å². The van der Waals surface area contributed by atoms with Gasteiger partial charge in [-0.15, -0.1) is 10.2 Å². The molecule has 0 unspecified atom stereocenters. The number of morpholine rings is 1. The minimum Gasteiger partial charge on any atom is -0.423 e. The van der Waals surface area contributed by atoms with Crippen LogP contribution in [-0.4, -0.2) is 45.7 Å². The van der Waals surface area contributed by atoms with E-state index in [1.54, 1.807) is 11.8 Å². The zero-order chi connectivity index (χ0) is 17.4. The summed E-state index contributed by atoms with van der Waals surface area (Å²) in [6, 6.07) is 9.52. The molecule has 7 nitrogen and oxygen atoms in total. The number of fused-ring (bicyclic) bond motifs is 1. The van der Waals surface area contributed by atoms with E-state index in [2.05, 4.69) is 15.2 Å². The molecule has 0 saturated carbocycles. The highest BCUT2D eigenvalue weighted by molar-refractivity contribution is 6.06. The van der Waals surface area contributed by atoms with Gasteiger partial charge in [-0.05, 0) is 19.1 Å². The number of rotatable bonds is 2. The summed E-state index contributed by atoms with van der Waals surface area (Å²) < 4.78 is 11.2. The lowest BCUT2D eigenvalue weighted by molar-refractivity contribution is -0.0348. The molecule has 0 aliphatic carbocycles. The lowest BCUT2D eigenvalue weighted by Gasteiger charge is -2.31. The summed E-state index contributed by atoms with van der Waals surface area (Å²) in [6.45, 7) is 4.97. The zero-order valence-corrected chi connectivity index (χ0v) is 14.1. The van der Waals surface area contributed by atoms with Crippen LogP contribution in [0.5, 0.6) is 0 Å². The van der Waals surface area contributed by atoms with E-state index in [1.807, 2.05) is 37.3 Å². The van der Waals surface area contributed by atoms with Crippen LogP contribution in [0, 0.1) is 13.8 Å². The van der Waals surface area contributed by atoms with Gasteiger partial charge in [-0.2, -0.15) is 0 Å². The highest BCUT2D eigenvalue weighted by atomic mass is 16.5. The predicted molar refractivity (Wildman–Crippen MR) is 90.1 cm³/mol. The third-order valence-electron chi connectivity index (χ3n) is 4.25. The summed E-state index contributed by atoms with van der Waals surface area (Å²) >= 11 is 0. The molecule has 1 fully saturated rings. The number of benzene rings is 1. The summed E-state index contributed by atoms with van der Waals surface area (Å²) in [5, 5.41) is 8.70. The van der Waals surface area contributed by atoms with Crippen LogP contribution in [0.3, 0.4) is 0 Å². The van der Waals surface area contributed by atoms with Gasteiger partial charge in [0.1, 0.15) is 0 Å². The Hall–Kier alpha value is -2.80. The Morgan fingerprint density at radius 1 is 1.24 bits per heavy atom. The second kappa shape index (κ2) is 6.25. The fraction of sp³-hybridized carbons (Fsp3) is 0.333. The maximum atomic E-state index is 13.1. The predicted octanol–water partition coefficient (Wildman–Crippen LogP) is 2.45. The molecular formula is C18H18N4O3. The molecule has 1 aliphatic rings. The smallest absolute Gasteiger partial charge is 0.254 e. The number of hydrogen-bond acceptors (Lipinski definition) is 6. The number of aromatic nitrogens is 3. The molecule has 0 spiro atoms. The average Bonchev–Trinajstić information content (AvgIpc) is 3.07. The fourth-order valence-electron chi connectivity index (χ4n) is 3.08. The number of hydrogen-bond donors (Lipinski definition) is 0. The molecule has 3 aromatic rings. The highest BCUT2D eigenvalue weighted by Crippen LogP contribution is 2.25. The highest BCUT2D eigenvalue weighted by Gasteiger charge is 2.30. The van der Waals surface area contributed by atoms with Crippen LogP contribution in [0.1, 0.15) is 33.9 Å². The third kappa shape index (κ3) is 2.98. The van der Waals surface area contributed by atoms with E-state index < -0.39 is 6.10 Å². The summed E-state index contributed by atoms with van der Waals surface area (Å²) in [4.78, 5) is 19.4. The van der Waals surface area contributed by atoms with Crippen molar-refractivity contribution in [2.24, 2.45) is 0 Å². The molecule has 3 heterocycles. The fourth-order valence-corrected chi connectivity index (χ4v) is 3.08. The zero-order valence-electron chi connectivity index (χ0n) is 14.1. The minimum atomic E-state index is -0.395. The number of carbonyl (C=O) groups is 1. The van der Waals surface area contributed by atoms with Crippen molar-refractivity contribution in [1.29, 1.82) is 0 Å². The maximum Gasteiger partial charge on any atom is 0.254 e. The second-order valence-electron chi connectivity index (χ2n) is 6.10. The van der Waals surface area contributed by atoms with Gasteiger partial charge >= 0.3 is 0 Å². The lowest BCUT2D eigenvalue weighted by Crippen LogP contribution is -2.42. The van der Waals surface area contributed by atoms with E-state index in [1.165, 1.54) is 0 Å². The quantitative estimate of drug-likeness (QED) is 0.714. The molecule has 1 atom stereocenters. The Kier molecular flexibility index (Phi) is 3.93. The van der Waals surface area contributed by atoms with Crippen molar-refractivity contribution in [3.8, 4) is 0 Å². The van der Waals surface area contributed by atoms with Crippen LogP contribution < -0.4 is 0 Å². The number of carbonyl (C=O) groups excluding carboxylic acids is 1. The minimum absolute atomic E-state index is 0.0359. The van der Waals surface area contributed by atoms with E-state index in [0.717, 1.165) is 16.6 Å². The van der Waals surface area contributed by atoms with E-state index >= 15 is 0 Å². The van der Waals surface area contributed by atoms with Crippen molar-refractivity contribution in [2.75, 3.05) is 19.7 Å². The molecular weight excluding hydrogens is 320 g/mol. The third-order valence-corrected chi connectivity index (χ3v) is 4.25. The lowest BCUT2D eigenvalue weighted by atomic mass is 10.1. The average molecular weight is 338 g/mol. The summed E-state index contributed by atoms with van der Waals surface area (Å²) in [5.41, 5.74) is 2.30. The largest absolute Gasteiger partial charge is 0.423 e. The summed E-state index contributed by atoms with van der Waals surface area (Å²) in [6.07, 6.45) is -0.395. The molecule has 1 aliphatic heterocycles. The van der Waals surface area contributed by atoms with Crippen LogP contribution in [0.25, 0.3) is 10.9 Å². The van der Waals surface area contributed by atoms with Gasteiger partial charge in [-0.3, -0.25) is 9.78 Å². The van der Waals surface area contributed by atoms with Crippen LogP contribution in [0.4, 0.5) is 0 Å². The molecule has 7 heteroatoms. The van der Waals surface area contributed by atoms with Gasteiger partial charge in [0.2, 0.25) is 11.8 Å². The van der Waals surface area contributed by atoms with Gasteiger partial charge in [-0.25, -0.2) is 0 Å². The maximum absolute atomic E-state index is 13.1. The second-order valence-corrected chi connectivity index (χ2v) is 6.10. The van der Waals surface area contributed by atoms with Gasteiger partial charge in [0.05, 0.1) is 24.2 Å². The molecule has 4 rings (SSSR count). The first-order valence-electron chi connectivity index (χ1n) is 8.19. The van der Waals surface area contributed by atoms with Crippen LogP contribution in [0.15, 0.2) is 34.7 Å². The summed E-state index contributed by atoms with van der Waals surface area (Å²) in [5.74, 6) is 0.856. The molecule has 0 bridgehead atoms. The van der Waals surface area contributed by atoms with Gasteiger partial charge in [-0.1, -0.05) is 18.2 Å². The van der Waals surface area contributed by atoms with Crippen molar-refractivity contribution in [3.63, 3.8) is 0 Å². The van der Waals surface area contributed by atoms with Gasteiger partial charge in [0, 0.05) is 24.5 Å².